The lowest BCUT2D eigenvalue weighted by Gasteiger charge is -2.41. The molecule has 1 saturated heterocycles. The molecule has 0 unspecified atom stereocenters. The van der Waals surface area contributed by atoms with Gasteiger partial charge in [-0.05, 0) is 49.6 Å². The molecule has 1 amide bonds. The van der Waals surface area contributed by atoms with Gasteiger partial charge in [-0.1, -0.05) is 35.9 Å². The first-order valence-electron chi connectivity index (χ1n) is 9.44. The number of aryl methyl sites for hydroxylation is 1. The number of nitrogens with two attached hydrogens (primary N) is 1. The van der Waals surface area contributed by atoms with Gasteiger partial charge in [-0.15, -0.1) is 0 Å². The molecule has 1 fully saturated rings. The molecule has 8 heteroatoms. The summed E-state index contributed by atoms with van der Waals surface area (Å²) < 4.78 is 33.9. The van der Waals surface area contributed by atoms with E-state index >= 15 is 0 Å². The number of sulfonamides is 1. The first kappa shape index (κ1) is 21.6. The predicted octanol–water partition coefficient (Wildman–Crippen LogP) is 3.37. The lowest BCUT2D eigenvalue weighted by Crippen LogP contribution is -2.50. The summed E-state index contributed by atoms with van der Waals surface area (Å²) in [5.74, 6) is 0.0927. The summed E-state index contributed by atoms with van der Waals surface area (Å²) in [5.41, 5.74) is 5.50. The molecule has 2 aromatic carbocycles. The SMILES string of the molecule is Cc1ccccc1S(=O)(=O)N1CCC[C@](COc2cccc(Cl)c2)(CC(N)=O)C1. The molecule has 0 aliphatic carbocycles. The average molecular weight is 437 g/mol. The molecular formula is C21H25ClN2O4S. The maximum absolute atomic E-state index is 13.3. The van der Waals surface area contributed by atoms with Gasteiger partial charge in [0.1, 0.15) is 5.75 Å². The van der Waals surface area contributed by atoms with Gasteiger partial charge in [-0.25, -0.2) is 8.42 Å². The zero-order valence-electron chi connectivity index (χ0n) is 16.3. The Morgan fingerprint density at radius 3 is 2.69 bits per heavy atom. The maximum atomic E-state index is 13.3. The molecule has 0 radical (unpaired) electrons. The van der Waals surface area contributed by atoms with Crippen molar-refractivity contribution in [2.24, 2.45) is 11.1 Å². The number of piperidine rings is 1. The van der Waals surface area contributed by atoms with Crippen molar-refractivity contribution in [3.63, 3.8) is 0 Å². The fourth-order valence-electron chi connectivity index (χ4n) is 3.83. The molecule has 2 N–H and O–H groups in total. The monoisotopic (exact) mass is 436 g/mol. The fraction of sp³-hybridized carbons (Fsp3) is 0.381. The third kappa shape index (κ3) is 5.10. The average Bonchev–Trinajstić information content (AvgIpc) is 2.66. The highest BCUT2D eigenvalue weighted by Gasteiger charge is 2.42. The van der Waals surface area contributed by atoms with E-state index in [-0.39, 0.29) is 24.5 Å². The third-order valence-corrected chi connectivity index (χ3v) is 7.47. The van der Waals surface area contributed by atoms with Crippen LogP contribution in [0.25, 0.3) is 0 Å². The second-order valence-corrected chi connectivity index (χ2v) is 9.94. The number of ether oxygens (including phenoxy) is 1. The molecule has 1 heterocycles. The van der Waals surface area contributed by atoms with Crippen molar-refractivity contribution in [1.29, 1.82) is 0 Å². The van der Waals surface area contributed by atoms with Crippen LogP contribution in [0.1, 0.15) is 24.8 Å². The molecule has 0 saturated carbocycles. The topological polar surface area (TPSA) is 89.7 Å². The lowest BCUT2D eigenvalue weighted by molar-refractivity contribution is -0.121. The van der Waals surface area contributed by atoms with E-state index in [2.05, 4.69) is 0 Å². The van der Waals surface area contributed by atoms with E-state index in [0.717, 1.165) is 0 Å². The van der Waals surface area contributed by atoms with Gasteiger partial charge in [-0.2, -0.15) is 4.31 Å². The molecule has 6 nitrogen and oxygen atoms in total. The Kier molecular flexibility index (Phi) is 6.51. The van der Waals surface area contributed by atoms with Crippen molar-refractivity contribution in [2.45, 2.75) is 31.1 Å². The highest BCUT2D eigenvalue weighted by Crippen LogP contribution is 2.37. The molecule has 0 bridgehead atoms. The van der Waals surface area contributed by atoms with E-state index in [1.54, 1.807) is 55.5 Å². The Morgan fingerprint density at radius 2 is 2.00 bits per heavy atom. The highest BCUT2D eigenvalue weighted by molar-refractivity contribution is 7.89. The van der Waals surface area contributed by atoms with E-state index in [4.69, 9.17) is 22.1 Å². The maximum Gasteiger partial charge on any atom is 0.243 e. The number of primary amides is 1. The van der Waals surface area contributed by atoms with Crippen molar-refractivity contribution in [3.05, 3.63) is 59.1 Å². The van der Waals surface area contributed by atoms with E-state index in [9.17, 15) is 13.2 Å². The standard InChI is InChI=1S/C21H25ClN2O4S/c1-16-6-2-3-9-19(16)29(26,27)24-11-5-10-21(14-24,13-20(23)25)15-28-18-8-4-7-17(22)12-18/h2-4,6-9,12H,5,10-11,13-15H2,1H3,(H2,23,25)/t21-/m0/s1. The molecule has 156 valence electrons. The minimum Gasteiger partial charge on any atom is -0.493 e. The van der Waals surface area contributed by atoms with Crippen molar-refractivity contribution >= 4 is 27.5 Å². The van der Waals surface area contributed by atoms with Gasteiger partial charge in [-0.3, -0.25) is 4.79 Å². The second kappa shape index (κ2) is 8.73. The van der Waals surface area contributed by atoms with Gasteiger partial charge in [0, 0.05) is 29.9 Å². The first-order valence-corrected chi connectivity index (χ1v) is 11.3. The fourth-order valence-corrected chi connectivity index (χ4v) is 5.83. The van der Waals surface area contributed by atoms with Gasteiger partial charge in [0.25, 0.3) is 0 Å². The molecule has 0 spiro atoms. The number of hydrogen-bond donors (Lipinski definition) is 1. The van der Waals surface area contributed by atoms with Crippen LogP contribution in [0.15, 0.2) is 53.4 Å². The van der Waals surface area contributed by atoms with Crippen LogP contribution in [0, 0.1) is 12.3 Å². The molecule has 29 heavy (non-hydrogen) atoms. The van der Waals surface area contributed by atoms with Gasteiger partial charge in [0.2, 0.25) is 15.9 Å². The lowest BCUT2D eigenvalue weighted by atomic mass is 9.78. The molecule has 1 atom stereocenters. The Morgan fingerprint density at radius 1 is 1.24 bits per heavy atom. The van der Waals surface area contributed by atoms with E-state index < -0.39 is 21.3 Å². The minimum absolute atomic E-state index is 0.0490. The third-order valence-electron chi connectivity index (χ3n) is 5.23. The molecule has 3 rings (SSSR count). The molecular weight excluding hydrogens is 412 g/mol. The van der Waals surface area contributed by atoms with Gasteiger partial charge < -0.3 is 10.5 Å². The number of carbonyl (C=O) groups is 1. The van der Waals surface area contributed by atoms with Crippen LogP contribution < -0.4 is 10.5 Å². The van der Waals surface area contributed by atoms with Crippen molar-refractivity contribution in [2.75, 3.05) is 19.7 Å². The smallest absolute Gasteiger partial charge is 0.243 e. The second-order valence-electron chi connectivity index (χ2n) is 7.60. The normalized spacial score (nSPS) is 20.3. The number of amides is 1. The predicted molar refractivity (Wildman–Crippen MR) is 112 cm³/mol. The van der Waals surface area contributed by atoms with Gasteiger partial charge in [0.15, 0.2) is 0 Å². The summed E-state index contributed by atoms with van der Waals surface area (Å²) in [5, 5.41) is 0.541. The number of carbonyl (C=O) groups excluding carboxylic acids is 1. The van der Waals surface area contributed by atoms with Crippen molar-refractivity contribution < 1.29 is 17.9 Å². The summed E-state index contributed by atoms with van der Waals surface area (Å²) in [6.45, 7) is 2.52. The number of rotatable bonds is 7. The first-order chi connectivity index (χ1) is 13.7. The van der Waals surface area contributed by atoms with Crippen molar-refractivity contribution in [1.82, 2.24) is 4.31 Å². The van der Waals surface area contributed by atoms with Crippen LogP contribution in [0.3, 0.4) is 0 Å². The molecule has 0 aromatic heterocycles. The summed E-state index contributed by atoms with van der Waals surface area (Å²) in [6.07, 6.45) is 1.32. The zero-order chi connectivity index (χ0) is 21.1. The summed E-state index contributed by atoms with van der Waals surface area (Å²) in [6, 6.07) is 13.9. The Hall–Kier alpha value is -2.09. The van der Waals surface area contributed by atoms with Crippen LogP contribution in [0.5, 0.6) is 5.75 Å². The van der Waals surface area contributed by atoms with Crippen LogP contribution in [-0.2, 0) is 14.8 Å². The minimum atomic E-state index is -3.68. The number of nitrogens with zero attached hydrogens (tertiary/aromatic N) is 1. The van der Waals surface area contributed by atoms with Crippen LogP contribution in [0.4, 0.5) is 0 Å². The number of halogens is 1. The van der Waals surface area contributed by atoms with Crippen LogP contribution in [0.2, 0.25) is 5.02 Å². The van der Waals surface area contributed by atoms with Crippen LogP contribution in [-0.4, -0.2) is 38.3 Å². The quantitative estimate of drug-likeness (QED) is 0.720. The summed E-state index contributed by atoms with van der Waals surface area (Å²) >= 11 is 6.01. The van der Waals surface area contributed by atoms with E-state index in [1.807, 2.05) is 0 Å². The Bertz CT molecular complexity index is 996. The Labute approximate surface area is 176 Å². The van der Waals surface area contributed by atoms with Crippen molar-refractivity contribution in [3.8, 4) is 5.75 Å². The molecule has 2 aromatic rings. The highest BCUT2D eigenvalue weighted by atomic mass is 35.5. The molecule has 1 aliphatic heterocycles. The van der Waals surface area contributed by atoms with Crippen LogP contribution >= 0.6 is 11.6 Å². The summed E-state index contributed by atoms with van der Waals surface area (Å²) in [7, 11) is -3.68. The number of benzene rings is 2. The summed E-state index contributed by atoms with van der Waals surface area (Å²) in [4.78, 5) is 12.1. The van der Waals surface area contributed by atoms with Gasteiger partial charge in [0.05, 0.1) is 11.5 Å². The van der Waals surface area contributed by atoms with Gasteiger partial charge >= 0.3 is 0 Å². The van der Waals surface area contributed by atoms with E-state index in [1.165, 1.54) is 4.31 Å². The molecule has 1 aliphatic rings. The van der Waals surface area contributed by atoms with E-state index in [0.29, 0.717) is 35.7 Å². The largest absolute Gasteiger partial charge is 0.493 e. The number of hydrogen-bond acceptors (Lipinski definition) is 4. The Balaban J connectivity index is 1.85. The zero-order valence-corrected chi connectivity index (χ0v) is 17.9.